The molecule has 0 spiro atoms. The van der Waals surface area contributed by atoms with Crippen LogP contribution in [0.4, 0.5) is 0 Å². The summed E-state index contributed by atoms with van der Waals surface area (Å²) in [6.07, 6.45) is 2.62. The molecule has 1 aliphatic heterocycles. The topological polar surface area (TPSA) is 85.8 Å². The number of nitrogens with two attached hydrogens (primary N) is 1. The fraction of sp³-hybridized carbons (Fsp3) is 0.471. The predicted molar refractivity (Wildman–Crippen MR) is 87.5 cm³/mol. The van der Waals surface area contributed by atoms with Crippen LogP contribution in [0.3, 0.4) is 0 Å². The average molecular weight is 313 g/mol. The smallest absolute Gasteiger partial charge is 0.244 e. The van der Waals surface area contributed by atoms with Gasteiger partial charge in [0.15, 0.2) is 5.82 Å². The van der Waals surface area contributed by atoms with Gasteiger partial charge in [-0.15, -0.1) is 0 Å². The average Bonchev–Trinajstić information content (AvgIpc) is 3.00. The molecule has 0 saturated heterocycles. The molecule has 1 aliphatic rings. The number of fused-ring (bicyclic) bond motifs is 1. The maximum absolute atomic E-state index is 12.7. The van der Waals surface area contributed by atoms with Gasteiger partial charge in [0.25, 0.3) is 0 Å². The third-order valence-corrected chi connectivity index (χ3v) is 4.39. The van der Waals surface area contributed by atoms with Crippen LogP contribution >= 0.6 is 0 Å². The Bertz CT molecular complexity index is 692. The summed E-state index contributed by atoms with van der Waals surface area (Å²) in [5.41, 5.74) is 6.02. The van der Waals surface area contributed by atoms with Crippen molar-refractivity contribution >= 4 is 5.91 Å². The zero-order valence-corrected chi connectivity index (χ0v) is 13.6. The minimum atomic E-state index is -1.07. The SMILES string of the molecule is CCc1nc2n(n1)CCCC2NC(=O)C(C)(N)c1ccccc1. The zero-order chi connectivity index (χ0) is 16.4. The summed E-state index contributed by atoms with van der Waals surface area (Å²) in [5.74, 6) is 1.47. The van der Waals surface area contributed by atoms with Crippen molar-refractivity contribution in [1.29, 1.82) is 0 Å². The summed E-state index contributed by atoms with van der Waals surface area (Å²) < 4.78 is 1.91. The number of nitrogens with one attached hydrogen (secondary N) is 1. The van der Waals surface area contributed by atoms with E-state index in [1.807, 2.05) is 41.9 Å². The minimum absolute atomic E-state index is 0.129. The molecule has 2 atom stereocenters. The molecule has 2 aromatic rings. The Kier molecular flexibility index (Phi) is 4.17. The van der Waals surface area contributed by atoms with Crippen molar-refractivity contribution in [1.82, 2.24) is 20.1 Å². The maximum Gasteiger partial charge on any atom is 0.244 e. The van der Waals surface area contributed by atoms with Crippen LogP contribution in [0, 0.1) is 0 Å². The predicted octanol–water partition coefficient (Wildman–Crippen LogP) is 1.67. The summed E-state index contributed by atoms with van der Waals surface area (Å²) in [5, 5.41) is 7.53. The second-order valence-corrected chi connectivity index (χ2v) is 6.20. The van der Waals surface area contributed by atoms with E-state index in [0.717, 1.165) is 43.0 Å². The van der Waals surface area contributed by atoms with Gasteiger partial charge in [-0.25, -0.2) is 9.67 Å². The molecule has 6 heteroatoms. The van der Waals surface area contributed by atoms with Crippen molar-refractivity contribution in [3.05, 3.63) is 47.5 Å². The molecule has 1 aromatic heterocycles. The summed E-state index contributed by atoms with van der Waals surface area (Å²) >= 11 is 0. The van der Waals surface area contributed by atoms with E-state index in [4.69, 9.17) is 5.73 Å². The Morgan fingerprint density at radius 1 is 1.43 bits per heavy atom. The first-order valence-corrected chi connectivity index (χ1v) is 8.11. The molecule has 2 unspecified atom stereocenters. The van der Waals surface area contributed by atoms with Crippen LogP contribution in [0.5, 0.6) is 0 Å². The van der Waals surface area contributed by atoms with Crippen molar-refractivity contribution in [3.63, 3.8) is 0 Å². The lowest BCUT2D eigenvalue weighted by Gasteiger charge is -2.29. The molecule has 1 aromatic carbocycles. The van der Waals surface area contributed by atoms with Crippen molar-refractivity contribution < 1.29 is 4.79 Å². The highest BCUT2D eigenvalue weighted by Gasteiger charge is 2.34. The molecular weight excluding hydrogens is 290 g/mol. The van der Waals surface area contributed by atoms with Crippen LogP contribution in [-0.2, 0) is 23.3 Å². The highest BCUT2D eigenvalue weighted by Crippen LogP contribution is 2.25. The van der Waals surface area contributed by atoms with E-state index in [-0.39, 0.29) is 11.9 Å². The highest BCUT2D eigenvalue weighted by atomic mass is 16.2. The summed E-state index contributed by atoms with van der Waals surface area (Å²) in [4.78, 5) is 17.3. The maximum atomic E-state index is 12.7. The van der Waals surface area contributed by atoms with Gasteiger partial charge in [0.2, 0.25) is 5.91 Å². The van der Waals surface area contributed by atoms with Gasteiger partial charge in [-0.05, 0) is 25.3 Å². The number of amides is 1. The van der Waals surface area contributed by atoms with E-state index in [2.05, 4.69) is 15.4 Å². The van der Waals surface area contributed by atoms with E-state index in [1.165, 1.54) is 0 Å². The monoisotopic (exact) mass is 313 g/mol. The van der Waals surface area contributed by atoms with Crippen molar-refractivity contribution in [3.8, 4) is 0 Å². The van der Waals surface area contributed by atoms with E-state index in [9.17, 15) is 4.79 Å². The minimum Gasteiger partial charge on any atom is -0.344 e. The van der Waals surface area contributed by atoms with Gasteiger partial charge in [0.1, 0.15) is 11.4 Å². The lowest BCUT2D eigenvalue weighted by Crippen LogP contribution is -2.50. The third-order valence-electron chi connectivity index (χ3n) is 4.39. The molecule has 0 fully saturated rings. The Morgan fingerprint density at radius 3 is 2.87 bits per heavy atom. The van der Waals surface area contributed by atoms with E-state index >= 15 is 0 Å². The first-order chi connectivity index (χ1) is 11.0. The molecule has 2 heterocycles. The molecule has 0 aliphatic carbocycles. The summed E-state index contributed by atoms with van der Waals surface area (Å²) in [7, 11) is 0. The molecule has 1 amide bonds. The largest absolute Gasteiger partial charge is 0.344 e. The van der Waals surface area contributed by atoms with Gasteiger partial charge in [-0.3, -0.25) is 4.79 Å². The molecule has 23 heavy (non-hydrogen) atoms. The number of aryl methyl sites for hydroxylation is 2. The summed E-state index contributed by atoms with van der Waals surface area (Å²) in [6, 6.07) is 9.30. The molecule has 0 radical (unpaired) electrons. The Balaban J connectivity index is 1.80. The molecule has 0 bridgehead atoms. The van der Waals surface area contributed by atoms with Crippen LogP contribution < -0.4 is 11.1 Å². The number of hydrogen-bond donors (Lipinski definition) is 2. The number of nitrogens with zero attached hydrogens (tertiary/aromatic N) is 3. The Labute approximate surface area is 136 Å². The normalized spacial score (nSPS) is 19.7. The van der Waals surface area contributed by atoms with E-state index in [1.54, 1.807) is 6.92 Å². The van der Waals surface area contributed by atoms with Gasteiger partial charge in [-0.1, -0.05) is 37.3 Å². The van der Waals surface area contributed by atoms with Crippen molar-refractivity contribution in [2.45, 2.75) is 51.2 Å². The molecule has 3 rings (SSSR count). The fourth-order valence-electron chi connectivity index (χ4n) is 2.91. The lowest BCUT2D eigenvalue weighted by atomic mass is 9.91. The van der Waals surface area contributed by atoms with Gasteiger partial charge in [-0.2, -0.15) is 5.10 Å². The van der Waals surface area contributed by atoms with Crippen LogP contribution in [0.15, 0.2) is 30.3 Å². The molecule has 122 valence electrons. The molecule has 0 saturated carbocycles. The van der Waals surface area contributed by atoms with Gasteiger partial charge < -0.3 is 11.1 Å². The van der Waals surface area contributed by atoms with Crippen molar-refractivity contribution in [2.75, 3.05) is 0 Å². The van der Waals surface area contributed by atoms with Crippen LogP contribution in [0.1, 0.15) is 49.9 Å². The van der Waals surface area contributed by atoms with Crippen LogP contribution in [0.25, 0.3) is 0 Å². The lowest BCUT2D eigenvalue weighted by molar-refractivity contribution is -0.127. The first-order valence-electron chi connectivity index (χ1n) is 8.11. The quantitative estimate of drug-likeness (QED) is 0.899. The van der Waals surface area contributed by atoms with Gasteiger partial charge in [0, 0.05) is 13.0 Å². The third kappa shape index (κ3) is 2.99. The second kappa shape index (κ2) is 6.12. The highest BCUT2D eigenvalue weighted by molar-refractivity contribution is 5.87. The van der Waals surface area contributed by atoms with E-state index in [0.29, 0.717) is 0 Å². The first kappa shape index (κ1) is 15.7. The number of hydrogen-bond acceptors (Lipinski definition) is 4. The number of carbonyl (C=O) groups excluding carboxylic acids is 1. The molecule has 3 N–H and O–H groups in total. The number of aromatic nitrogens is 3. The fourth-order valence-corrected chi connectivity index (χ4v) is 2.91. The molecule has 6 nitrogen and oxygen atoms in total. The van der Waals surface area contributed by atoms with Crippen LogP contribution in [-0.4, -0.2) is 20.7 Å². The number of carbonyl (C=O) groups is 1. The zero-order valence-electron chi connectivity index (χ0n) is 13.6. The van der Waals surface area contributed by atoms with Crippen LogP contribution in [0.2, 0.25) is 0 Å². The van der Waals surface area contributed by atoms with Gasteiger partial charge in [0.05, 0.1) is 6.04 Å². The van der Waals surface area contributed by atoms with Gasteiger partial charge >= 0.3 is 0 Å². The standard InChI is InChI=1S/C17H23N5O/c1-3-14-20-15-13(10-7-11-22(15)21-14)19-16(23)17(2,18)12-8-5-4-6-9-12/h4-6,8-9,13H,3,7,10-11,18H2,1-2H3,(H,19,23). The Hall–Kier alpha value is -2.21. The van der Waals surface area contributed by atoms with Crippen molar-refractivity contribution in [2.24, 2.45) is 5.73 Å². The summed E-state index contributed by atoms with van der Waals surface area (Å²) in [6.45, 7) is 4.62. The Morgan fingerprint density at radius 2 is 2.17 bits per heavy atom. The number of rotatable bonds is 4. The second-order valence-electron chi connectivity index (χ2n) is 6.20. The van der Waals surface area contributed by atoms with E-state index < -0.39 is 5.54 Å². The molecular formula is C17H23N5O. The number of benzene rings is 1.